The topological polar surface area (TPSA) is 32.3 Å². The van der Waals surface area contributed by atoms with E-state index in [2.05, 4.69) is 24.1 Å². The second-order valence-corrected chi connectivity index (χ2v) is 7.00. The Labute approximate surface area is 131 Å². The van der Waals surface area contributed by atoms with Crippen LogP contribution in [0.5, 0.6) is 0 Å². The first-order valence-corrected chi connectivity index (χ1v) is 8.24. The van der Waals surface area contributed by atoms with Crippen molar-refractivity contribution < 1.29 is 4.79 Å². The van der Waals surface area contributed by atoms with Crippen LogP contribution in [0.3, 0.4) is 0 Å². The van der Waals surface area contributed by atoms with E-state index in [0.29, 0.717) is 18.5 Å². The third-order valence-corrected chi connectivity index (χ3v) is 5.38. The number of rotatable bonds is 2. The summed E-state index contributed by atoms with van der Waals surface area (Å²) in [6.45, 7) is 5.05. The first-order chi connectivity index (χ1) is 10.1. The zero-order chi connectivity index (χ0) is 15.0. The Kier molecular flexibility index (Phi) is 4.23. The molecule has 1 heterocycles. The molecule has 1 saturated carbocycles. The molecule has 2 fully saturated rings. The van der Waals surface area contributed by atoms with Crippen molar-refractivity contribution in [3.8, 4) is 0 Å². The second-order valence-electron chi connectivity index (χ2n) is 6.56. The SMILES string of the molecule is CC1CCC(N2C(=O)CNC2c2cccc(Cl)c2)CC1C. The highest BCUT2D eigenvalue weighted by atomic mass is 35.5. The Morgan fingerprint density at radius 1 is 1.24 bits per heavy atom. The lowest BCUT2D eigenvalue weighted by Crippen LogP contribution is -2.43. The molecule has 4 heteroatoms. The fraction of sp³-hybridized carbons (Fsp3) is 0.588. The molecule has 1 amide bonds. The summed E-state index contributed by atoms with van der Waals surface area (Å²) in [4.78, 5) is 14.4. The molecule has 1 saturated heterocycles. The first kappa shape index (κ1) is 14.9. The van der Waals surface area contributed by atoms with Gasteiger partial charge in [0.25, 0.3) is 0 Å². The van der Waals surface area contributed by atoms with E-state index in [1.54, 1.807) is 0 Å². The summed E-state index contributed by atoms with van der Waals surface area (Å²) >= 11 is 6.10. The average Bonchev–Trinajstić information content (AvgIpc) is 2.84. The van der Waals surface area contributed by atoms with Crippen LogP contribution in [0.2, 0.25) is 5.02 Å². The second kappa shape index (κ2) is 5.98. The molecule has 4 unspecified atom stereocenters. The van der Waals surface area contributed by atoms with Gasteiger partial charge >= 0.3 is 0 Å². The molecule has 3 nitrogen and oxygen atoms in total. The molecule has 0 radical (unpaired) electrons. The summed E-state index contributed by atoms with van der Waals surface area (Å²) in [5.41, 5.74) is 1.08. The zero-order valence-corrected chi connectivity index (χ0v) is 13.4. The van der Waals surface area contributed by atoms with Crippen molar-refractivity contribution in [2.75, 3.05) is 6.54 Å². The van der Waals surface area contributed by atoms with Gasteiger partial charge in [-0.15, -0.1) is 0 Å². The van der Waals surface area contributed by atoms with Gasteiger partial charge in [-0.1, -0.05) is 37.6 Å². The van der Waals surface area contributed by atoms with Crippen LogP contribution in [-0.4, -0.2) is 23.4 Å². The number of halogens is 1. The lowest BCUT2D eigenvalue weighted by atomic mass is 9.78. The smallest absolute Gasteiger partial charge is 0.238 e. The average molecular weight is 307 g/mol. The van der Waals surface area contributed by atoms with Gasteiger partial charge in [0.05, 0.1) is 6.54 Å². The minimum absolute atomic E-state index is 0.0261. The summed E-state index contributed by atoms with van der Waals surface area (Å²) in [7, 11) is 0. The molecule has 1 aliphatic carbocycles. The van der Waals surface area contributed by atoms with E-state index in [0.717, 1.165) is 29.3 Å². The first-order valence-electron chi connectivity index (χ1n) is 7.86. The van der Waals surface area contributed by atoms with Crippen molar-refractivity contribution >= 4 is 17.5 Å². The molecular weight excluding hydrogens is 284 g/mol. The van der Waals surface area contributed by atoms with Crippen LogP contribution in [-0.2, 0) is 4.79 Å². The largest absolute Gasteiger partial charge is 0.319 e. The third-order valence-electron chi connectivity index (χ3n) is 5.14. The molecule has 1 N–H and O–H groups in total. The van der Waals surface area contributed by atoms with Crippen molar-refractivity contribution in [1.29, 1.82) is 0 Å². The van der Waals surface area contributed by atoms with Gasteiger partial charge < -0.3 is 4.90 Å². The number of carbonyl (C=O) groups excluding carboxylic acids is 1. The molecule has 1 aliphatic heterocycles. The number of nitrogens with one attached hydrogen (secondary N) is 1. The number of hydrogen-bond donors (Lipinski definition) is 1. The van der Waals surface area contributed by atoms with E-state index >= 15 is 0 Å². The molecule has 21 heavy (non-hydrogen) atoms. The van der Waals surface area contributed by atoms with Crippen molar-refractivity contribution in [2.45, 2.75) is 45.3 Å². The minimum atomic E-state index is -0.0261. The maximum Gasteiger partial charge on any atom is 0.238 e. The highest BCUT2D eigenvalue weighted by Crippen LogP contribution is 2.36. The van der Waals surface area contributed by atoms with Crippen LogP contribution >= 0.6 is 11.6 Å². The van der Waals surface area contributed by atoms with Crippen molar-refractivity contribution in [3.05, 3.63) is 34.9 Å². The van der Waals surface area contributed by atoms with E-state index in [4.69, 9.17) is 11.6 Å². The molecule has 4 atom stereocenters. The summed E-state index contributed by atoms with van der Waals surface area (Å²) in [6, 6.07) is 8.18. The van der Waals surface area contributed by atoms with Crippen molar-refractivity contribution in [3.63, 3.8) is 0 Å². The zero-order valence-electron chi connectivity index (χ0n) is 12.7. The summed E-state index contributed by atoms with van der Waals surface area (Å²) in [5, 5.41) is 4.06. The number of benzene rings is 1. The lowest BCUT2D eigenvalue weighted by Gasteiger charge is -2.40. The van der Waals surface area contributed by atoms with Crippen LogP contribution in [0.15, 0.2) is 24.3 Å². The maximum atomic E-state index is 12.4. The van der Waals surface area contributed by atoms with Gasteiger partial charge in [0.15, 0.2) is 0 Å². The maximum absolute atomic E-state index is 12.4. The Balaban J connectivity index is 1.83. The Bertz CT molecular complexity index is 533. The van der Waals surface area contributed by atoms with Gasteiger partial charge in [-0.3, -0.25) is 10.1 Å². The van der Waals surface area contributed by atoms with Crippen LogP contribution in [0.4, 0.5) is 0 Å². The molecule has 1 aromatic rings. The minimum Gasteiger partial charge on any atom is -0.319 e. The highest BCUT2D eigenvalue weighted by molar-refractivity contribution is 6.30. The predicted octanol–water partition coefficient (Wildman–Crippen LogP) is 3.60. The van der Waals surface area contributed by atoms with Crippen LogP contribution in [0, 0.1) is 11.8 Å². The Hall–Kier alpha value is -1.06. The van der Waals surface area contributed by atoms with E-state index in [1.807, 2.05) is 24.3 Å². The van der Waals surface area contributed by atoms with Crippen LogP contribution < -0.4 is 5.32 Å². The van der Waals surface area contributed by atoms with Crippen LogP contribution in [0.1, 0.15) is 44.8 Å². The van der Waals surface area contributed by atoms with Gasteiger partial charge in [0.2, 0.25) is 5.91 Å². The van der Waals surface area contributed by atoms with E-state index in [1.165, 1.54) is 6.42 Å². The molecule has 2 aliphatic rings. The summed E-state index contributed by atoms with van der Waals surface area (Å²) < 4.78 is 0. The number of amides is 1. The summed E-state index contributed by atoms with van der Waals surface area (Å²) in [6.07, 6.45) is 3.39. The standard InChI is InChI=1S/C17H23ClN2O/c1-11-6-7-15(8-12(11)2)20-16(21)10-19-17(20)13-4-3-5-14(18)9-13/h3-5,9,11-12,15,17,19H,6-8,10H2,1-2H3. The molecular formula is C17H23ClN2O. The van der Waals surface area contributed by atoms with Crippen molar-refractivity contribution in [2.24, 2.45) is 11.8 Å². The molecule has 1 aromatic carbocycles. The number of carbonyl (C=O) groups is 1. The Morgan fingerprint density at radius 3 is 2.76 bits per heavy atom. The van der Waals surface area contributed by atoms with Gasteiger partial charge in [0.1, 0.15) is 6.17 Å². The molecule has 0 aromatic heterocycles. The number of nitrogens with zero attached hydrogens (tertiary/aromatic N) is 1. The molecule has 0 spiro atoms. The molecule has 0 bridgehead atoms. The molecule has 3 rings (SSSR count). The predicted molar refractivity (Wildman–Crippen MR) is 85.0 cm³/mol. The van der Waals surface area contributed by atoms with E-state index in [9.17, 15) is 4.79 Å². The van der Waals surface area contributed by atoms with E-state index < -0.39 is 0 Å². The fourth-order valence-electron chi connectivity index (χ4n) is 3.66. The van der Waals surface area contributed by atoms with Gasteiger partial charge in [-0.05, 0) is 48.8 Å². The quantitative estimate of drug-likeness (QED) is 0.905. The highest BCUT2D eigenvalue weighted by Gasteiger charge is 2.39. The normalized spacial score (nSPS) is 33.5. The van der Waals surface area contributed by atoms with E-state index in [-0.39, 0.29) is 12.1 Å². The monoisotopic (exact) mass is 306 g/mol. The van der Waals surface area contributed by atoms with Crippen LogP contribution in [0.25, 0.3) is 0 Å². The van der Waals surface area contributed by atoms with Gasteiger partial charge in [0, 0.05) is 11.1 Å². The Morgan fingerprint density at radius 2 is 2.05 bits per heavy atom. The summed E-state index contributed by atoms with van der Waals surface area (Å²) in [5.74, 6) is 1.65. The number of hydrogen-bond acceptors (Lipinski definition) is 2. The van der Waals surface area contributed by atoms with Crippen molar-refractivity contribution in [1.82, 2.24) is 10.2 Å². The lowest BCUT2D eigenvalue weighted by molar-refractivity contribution is -0.131. The molecule has 114 valence electrons. The van der Waals surface area contributed by atoms with Gasteiger partial charge in [-0.2, -0.15) is 0 Å². The fourth-order valence-corrected chi connectivity index (χ4v) is 3.86. The third kappa shape index (κ3) is 2.95. The van der Waals surface area contributed by atoms with Gasteiger partial charge in [-0.25, -0.2) is 0 Å².